The number of hydrogen-bond acceptors (Lipinski definition) is 2. The Balaban J connectivity index is 2.10. The molecular weight excluding hydrogens is 174 g/mol. The van der Waals surface area contributed by atoms with Gasteiger partial charge in [-0.3, -0.25) is 0 Å². The van der Waals surface area contributed by atoms with Crippen LogP contribution in [-0.4, -0.2) is 11.7 Å². The van der Waals surface area contributed by atoms with Crippen molar-refractivity contribution in [3.05, 3.63) is 11.6 Å². The van der Waals surface area contributed by atoms with Gasteiger partial charge in [0.25, 0.3) is 0 Å². The highest BCUT2D eigenvalue weighted by molar-refractivity contribution is 5.34. The molecule has 3 atom stereocenters. The summed E-state index contributed by atoms with van der Waals surface area (Å²) in [4.78, 5) is 0. The number of rotatable bonds is 1. The summed E-state index contributed by atoms with van der Waals surface area (Å²) in [6, 6.07) is 2.29. The first-order chi connectivity index (χ1) is 6.51. The maximum Gasteiger partial charge on any atom is 0.0947 e. The summed E-state index contributed by atoms with van der Waals surface area (Å²) >= 11 is 0. The van der Waals surface area contributed by atoms with Crippen LogP contribution in [0.1, 0.15) is 33.6 Å². The molecule has 1 saturated carbocycles. The first-order valence-electron chi connectivity index (χ1n) is 5.31. The van der Waals surface area contributed by atoms with E-state index < -0.39 is 0 Å². The average Bonchev–Trinajstić information content (AvgIpc) is 2.59. The molecule has 2 aliphatic rings. The van der Waals surface area contributed by atoms with Crippen molar-refractivity contribution in [2.24, 2.45) is 11.8 Å². The van der Waals surface area contributed by atoms with Gasteiger partial charge in [-0.15, -0.1) is 0 Å². The molecule has 0 aromatic carbocycles. The molecule has 2 bridgehead atoms. The summed E-state index contributed by atoms with van der Waals surface area (Å²) in [6.07, 6.45) is 4.70. The van der Waals surface area contributed by atoms with Gasteiger partial charge in [0.05, 0.1) is 17.8 Å². The number of hydrogen-bond donors (Lipinski definition) is 0. The molecule has 0 aromatic heterocycles. The van der Waals surface area contributed by atoms with Gasteiger partial charge in [0.15, 0.2) is 0 Å². The van der Waals surface area contributed by atoms with Crippen LogP contribution in [0.25, 0.3) is 0 Å². The van der Waals surface area contributed by atoms with Crippen LogP contribution in [0.15, 0.2) is 11.6 Å². The standard InChI is InChI=1S/C12H17NO/c1-12(2,3)14-11-8-4-5-10(11)9(6-8)7-13/h6,8,10-11H,4-5H2,1-3H3/t8-,10+,11-/m1/s1. The van der Waals surface area contributed by atoms with E-state index in [2.05, 4.69) is 32.9 Å². The van der Waals surface area contributed by atoms with Crippen LogP contribution in [0.2, 0.25) is 0 Å². The van der Waals surface area contributed by atoms with Gasteiger partial charge in [-0.25, -0.2) is 0 Å². The molecule has 0 N–H and O–H groups in total. The number of fused-ring (bicyclic) bond motifs is 2. The summed E-state index contributed by atoms with van der Waals surface area (Å²) in [5.74, 6) is 0.873. The van der Waals surface area contributed by atoms with E-state index in [1.54, 1.807) is 0 Å². The maximum absolute atomic E-state index is 8.93. The van der Waals surface area contributed by atoms with Gasteiger partial charge >= 0.3 is 0 Å². The van der Waals surface area contributed by atoms with Crippen LogP contribution < -0.4 is 0 Å². The first kappa shape index (κ1) is 9.73. The summed E-state index contributed by atoms with van der Waals surface area (Å²) < 4.78 is 6.01. The lowest BCUT2D eigenvalue weighted by Crippen LogP contribution is -2.31. The Labute approximate surface area is 85.6 Å². The van der Waals surface area contributed by atoms with Gasteiger partial charge in [-0.05, 0) is 33.6 Å². The molecule has 2 nitrogen and oxygen atoms in total. The molecule has 2 heteroatoms. The minimum Gasteiger partial charge on any atom is -0.371 e. The van der Waals surface area contributed by atoms with Crippen molar-refractivity contribution < 1.29 is 4.74 Å². The Morgan fingerprint density at radius 2 is 2.14 bits per heavy atom. The second-order valence-corrected chi connectivity index (χ2v) is 5.28. The molecule has 0 radical (unpaired) electrons. The van der Waals surface area contributed by atoms with Crippen LogP contribution in [0.5, 0.6) is 0 Å². The average molecular weight is 191 g/mol. The Hall–Kier alpha value is -0.810. The van der Waals surface area contributed by atoms with E-state index in [1.165, 1.54) is 6.42 Å². The van der Waals surface area contributed by atoms with Gasteiger partial charge in [0.1, 0.15) is 0 Å². The number of nitrogens with zero attached hydrogens (tertiary/aromatic N) is 1. The quantitative estimate of drug-likeness (QED) is 0.638. The van der Waals surface area contributed by atoms with Crippen molar-refractivity contribution in [3.63, 3.8) is 0 Å². The van der Waals surface area contributed by atoms with Gasteiger partial charge in [-0.1, -0.05) is 6.08 Å². The molecule has 0 unspecified atom stereocenters. The lowest BCUT2D eigenvalue weighted by molar-refractivity contribution is -0.0759. The summed E-state index contributed by atoms with van der Waals surface area (Å²) in [6.45, 7) is 6.24. The van der Waals surface area contributed by atoms with Gasteiger partial charge in [-0.2, -0.15) is 5.26 Å². The van der Waals surface area contributed by atoms with E-state index in [0.29, 0.717) is 11.8 Å². The van der Waals surface area contributed by atoms with Crippen LogP contribution in [0.4, 0.5) is 0 Å². The van der Waals surface area contributed by atoms with Crippen molar-refractivity contribution in [2.75, 3.05) is 0 Å². The smallest absolute Gasteiger partial charge is 0.0947 e. The summed E-state index contributed by atoms with van der Waals surface area (Å²) in [7, 11) is 0. The van der Waals surface area contributed by atoms with E-state index in [4.69, 9.17) is 10.00 Å². The predicted octanol–water partition coefficient (Wildman–Crippen LogP) is 2.66. The van der Waals surface area contributed by atoms with E-state index >= 15 is 0 Å². The van der Waals surface area contributed by atoms with Gasteiger partial charge in [0.2, 0.25) is 0 Å². The van der Waals surface area contributed by atoms with Crippen LogP contribution in [-0.2, 0) is 4.74 Å². The monoisotopic (exact) mass is 191 g/mol. The van der Waals surface area contributed by atoms with Crippen LogP contribution in [0.3, 0.4) is 0 Å². The van der Waals surface area contributed by atoms with Crippen molar-refractivity contribution in [3.8, 4) is 6.07 Å². The maximum atomic E-state index is 8.93. The predicted molar refractivity (Wildman–Crippen MR) is 54.5 cm³/mol. The van der Waals surface area contributed by atoms with E-state index in [1.807, 2.05) is 0 Å². The fourth-order valence-corrected chi connectivity index (χ4v) is 2.56. The van der Waals surface area contributed by atoms with Crippen molar-refractivity contribution in [1.82, 2.24) is 0 Å². The molecule has 1 fully saturated rings. The molecule has 0 aliphatic heterocycles. The zero-order chi connectivity index (χ0) is 10.3. The largest absolute Gasteiger partial charge is 0.371 e. The molecule has 14 heavy (non-hydrogen) atoms. The van der Waals surface area contributed by atoms with Crippen molar-refractivity contribution in [2.45, 2.75) is 45.3 Å². The molecule has 0 heterocycles. The van der Waals surface area contributed by atoms with E-state index in [9.17, 15) is 0 Å². The third kappa shape index (κ3) is 1.57. The molecule has 0 saturated heterocycles. The van der Waals surface area contributed by atoms with Crippen molar-refractivity contribution in [1.29, 1.82) is 5.26 Å². The Bertz CT molecular complexity index is 305. The zero-order valence-corrected chi connectivity index (χ0v) is 9.08. The third-order valence-electron chi connectivity index (χ3n) is 3.04. The SMILES string of the molecule is CC(C)(C)O[C@@H]1[C@H]2C=C(C#N)[C@@H]1CC2. The second-order valence-electron chi connectivity index (χ2n) is 5.28. The lowest BCUT2D eigenvalue weighted by atomic mass is 9.99. The third-order valence-corrected chi connectivity index (χ3v) is 3.04. The highest BCUT2D eigenvalue weighted by Gasteiger charge is 2.45. The van der Waals surface area contributed by atoms with Crippen molar-refractivity contribution >= 4 is 0 Å². The van der Waals surface area contributed by atoms with E-state index in [0.717, 1.165) is 12.0 Å². The highest BCUT2D eigenvalue weighted by atomic mass is 16.5. The van der Waals surface area contributed by atoms with Gasteiger partial charge in [0, 0.05) is 17.4 Å². The Kier molecular flexibility index (Phi) is 2.16. The normalized spacial score (nSPS) is 35.6. The summed E-state index contributed by atoms with van der Waals surface area (Å²) in [5, 5.41) is 8.93. The summed E-state index contributed by atoms with van der Waals surface area (Å²) in [5.41, 5.74) is 0.861. The molecule has 2 aliphatic carbocycles. The van der Waals surface area contributed by atoms with E-state index in [-0.39, 0.29) is 11.7 Å². The molecular formula is C12H17NO. The minimum atomic E-state index is -0.0930. The minimum absolute atomic E-state index is 0.0930. The van der Waals surface area contributed by atoms with Crippen LogP contribution in [0, 0.1) is 23.2 Å². The second kappa shape index (κ2) is 3.10. The fraction of sp³-hybridized carbons (Fsp3) is 0.750. The first-order valence-corrected chi connectivity index (χ1v) is 5.31. The Morgan fingerprint density at radius 1 is 1.43 bits per heavy atom. The highest BCUT2D eigenvalue weighted by Crippen LogP contribution is 2.46. The number of nitriles is 1. The fourth-order valence-electron chi connectivity index (χ4n) is 2.56. The lowest BCUT2D eigenvalue weighted by Gasteiger charge is -2.28. The molecule has 2 rings (SSSR count). The molecule has 0 aromatic rings. The van der Waals surface area contributed by atoms with Crippen LogP contribution >= 0.6 is 0 Å². The van der Waals surface area contributed by atoms with Gasteiger partial charge < -0.3 is 4.74 Å². The Morgan fingerprint density at radius 3 is 2.64 bits per heavy atom. The number of ether oxygens (including phenoxy) is 1. The topological polar surface area (TPSA) is 33.0 Å². The zero-order valence-electron chi connectivity index (χ0n) is 9.08. The molecule has 0 amide bonds. The molecule has 0 spiro atoms. The molecule has 76 valence electrons.